The molecule has 0 saturated heterocycles. The molecule has 108 valence electrons. The van der Waals surface area contributed by atoms with Crippen LogP contribution in [0.2, 0.25) is 0 Å². The van der Waals surface area contributed by atoms with E-state index < -0.39 is 25.7 Å². The summed E-state index contributed by atoms with van der Waals surface area (Å²) in [7, 11) is -6.93. The van der Waals surface area contributed by atoms with Crippen molar-refractivity contribution >= 4 is 25.5 Å². The monoisotopic (exact) mass is 310 g/mol. The third-order valence-corrected chi connectivity index (χ3v) is 4.75. The van der Waals surface area contributed by atoms with Crippen molar-refractivity contribution in [3.8, 4) is 0 Å². The molecule has 1 rings (SSSR count). The molecule has 0 aliphatic rings. The first-order valence-corrected chi connectivity index (χ1v) is 8.88. The summed E-state index contributed by atoms with van der Waals surface area (Å²) in [5.74, 6) is -0.808. The van der Waals surface area contributed by atoms with Gasteiger partial charge in [-0.15, -0.1) is 0 Å². The molecule has 0 bridgehead atoms. The van der Waals surface area contributed by atoms with Crippen LogP contribution in [-0.4, -0.2) is 35.4 Å². The molecule has 6 nitrogen and oxygen atoms in total. The molecule has 0 spiro atoms. The maximum Gasteiger partial charge on any atom is 0.240 e. The van der Waals surface area contributed by atoms with Gasteiger partial charge in [-0.2, -0.15) is 0 Å². The van der Waals surface area contributed by atoms with E-state index in [-0.39, 0.29) is 29.3 Å². The fourth-order valence-electron chi connectivity index (χ4n) is 1.31. The van der Waals surface area contributed by atoms with Crippen molar-refractivity contribution in [2.45, 2.75) is 11.3 Å². The van der Waals surface area contributed by atoms with Gasteiger partial charge >= 0.3 is 0 Å². The molecule has 19 heavy (non-hydrogen) atoms. The maximum absolute atomic E-state index is 12.9. The van der Waals surface area contributed by atoms with Crippen molar-refractivity contribution in [3.05, 3.63) is 24.0 Å². The van der Waals surface area contributed by atoms with E-state index in [9.17, 15) is 21.2 Å². The van der Waals surface area contributed by atoms with Crippen LogP contribution in [0.4, 0.5) is 10.1 Å². The van der Waals surface area contributed by atoms with E-state index in [4.69, 9.17) is 5.73 Å². The zero-order valence-corrected chi connectivity index (χ0v) is 11.9. The summed E-state index contributed by atoms with van der Waals surface area (Å²) in [6.45, 7) is -0.0211. The summed E-state index contributed by atoms with van der Waals surface area (Å²) in [6.07, 6.45) is 1.23. The molecule has 1 aromatic carbocycles. The number of nitrogen functional groups attached to an aromatic ring is 1. The van der Waals surface area contributed by atoms with Gasteiger partial charge in [0.2, 0.25) is 10.0 Å². The van der Waals surface area contributed by atoms with Crippen LogP contribution in [0.15, 0.2) is 23.1 Å². The fourth-order valence-corrected chi connectivity index (χ4v) is 3.09. The molecule has 0 radical (unpaired) electrons. The molecule has 3 N–H and O–H groups in total. The first-order chi connectivity index (χ1) is 8.62. The van der Waals surface area contributed by atoms with Crippen LogP contribution in [0.3, 0.4) is 0 Å². The number of benzene rings is 1. The van der Waals surface area contributed by atoms with Gasteiger partial charge < -0.3 is 5.73 Å². The predicted molar refractivity (Wildman–Crippen MR) is 70.3 cm³/mol. The lowest BCUT2D eigenvalue weighted by Gasteiger charge is -2.07. The lowest BCUT2D eigenvalue weighted by molar-refractivity contribution is 0.577. The van der Waals surface area contributed by atoms with E-state index >= 15 is 0 Å². The maximum atomic E-state index is 12.9. The molecule has 0 heterocycles. The topological polar surface area (TPSA) is 106 Å². The van der Waals surface area contributed by atoms with Crippen LogP contribution in [0, 0.1) is 5.82 Å². The van der Waals surface area contributed by atoms with Gasteiger partial charge in [0, 0.05) is 12.8 Å². The largest absolute Gasteiger partial charge is 0.396 e. The summed E-state index contributed by atoms with van der Waals surface area (Å²) in [4.78, 5) is -0.161. The number of sulfone groups is 1. The van der Waals surface area contributed by atoms with Crippen LogP contribution in [0.1, 0.15) is 6.42 Å². The number of rotatable bonds is 6. The Balaban J connectivity index is 2.68. The predicted octanol–water partition coefficient (Wildman–Crippen LogP) is 0.121. The Labute approximate surface area is 111 Å². The summed E-state index contributed by atoms with van der Waals surface area (Å²) < 4.78 is 60.5. The van der Waals surface area contributed by atoms with E-state index in [0.717, 1.165) is 24.5 Å². The van der Waals surface area contributed by atoms with Crippen molar-refractivity contribution < 1.29 is 21.2 Å². The SMILES string of the molecule is CS(=O)(=O)CCCNS(=O)(=O)c1ccc(F)c(N)c1. The molecule has 1 aromatic rings. The Morgan fingerprint density at radius 1 is 1.26 bits per heavy atom. The summed E-state index contributed by atoms with van der Waals surface area (Å²) in [5.41, 5.74) is 5.02. The highest BCUT2D eigenvalue weighted by atomic mass is 32.2. The third kappa shape index (κ3) is 5.13. The van der Waals surface area contributed by atoms with Gasteiger partial charge in [0.05, 0.1) is 16.3 Å². The van der Waals surface area contributed by atoms with Crippen LogP contribution in [0.5, 0.6) is 0 Å². The van der Waals surface area contributed by atoms with Gasteiger partial charge in [-0.25, -0.2) is 25.9 Å². The molecular formula is C10H15FN2O4S2. The van der Waals surface area contributed by atoms with Crippen molar-refractivity contribution in [2.24, 2.45) is 0 Å². The lowest BCUT2D eigenvalue weighted by atomic mass is 10.3. The molecular weight excluding hydrogens is 295 g/mol. The van der Waals surface area contributed by atoms with Gasteiger partial charge in [0.1, 0.15) is 15.7 Å². The second kappa shape index (κ2) is 5.85. The van der Waals surface area contributed by atoms with E-state index in [0.29, 0.717) is 0 Å². The van der Waals surface area contributed by atoms with Crippen LogP contribution in [-0.2, 0) is 19.9 Å². The fraction of sp³-hybridized carbons (Fsp3) is 0.400. The van der Waals surface area contributed by atoms with Crippen molar-refractivity contribution in [3.63, 3.8) is 0 Å². The van der Waals surface area contributed by atoms with Crippen molar-refractivity contribution in [1.29, 1.82) is 0 Å². The van der Waals surface area contributed by atoms with Gasteiger partial charge in [-0.05, 0) is 24.6 Å². The van der Waals surface area contributed by atoms with Gasteiger partial charge in [0.25, 0.3) is 0 Å². The van der Waals surface area contributed by atoms with E-state index in [2.05, 4.69) is 4.72 Å². The van der Waals surface area contributed by atoms with Gasteiger partial charge in [-0.3, -0.25) is 0 Å². The summed E-state index contributed by atoms with van der Waals surface area (Å²) in [6, 6.07) is 3.05. The molecule has 0 aliphatic heterocycles. The highest BCUT2D eigenvalue weighted by Gasteiger charge is 2.15. The first-order valence-electron chi connectivity index (χ1n) is 5.34. The zero-order valence-electron chi connectivity index (χ0n) is 10.3. The number of sulfonamides is 1. The molecule has 0 aliphatic carbocycles. The minimum absolute atomic E-state index is 0.0211. The van der Waals surface area contributed by atoms with Gasteiger partial charge in [-0.1, -0.05) is 0 Å². The molecule has 0 amide bonds. The molecule has 0 saturated carbocycles. The van der Waals surface area contributed by atoms with Gasteiger partial charge in [0.15, 0.2) is 0 Å². The Kier molecular flexibility index (Phi) is 4.88. The zero-order chi connectivity index (χ0) is 14.7. The Morgan fingerprint density at radius 2 is 1.89 bits per heavy atom. The van der Waals surface area contributed by atoms with Crippen molar-refractivity contribution in [1.82, 2.24) is 4.72 Å². The molecule has 0 unspecified atom stereocenters. The minimum Gasteiger partial charge on any atom is -0.396 e. The first kappa shape index (κ1) is 15.9. The number of hydrogen-bond donors (Lipinski definition) is 2. The average molecular weight is 310 g/mol. The Bertz CT molecular complexity index is 656. The summed E-state index contributed by atoms with van der Waals surface area (Å²) >= 11 is 0. The van der Waals surface area contributed by atoms with Crippen LogP contribution in [0.25, 0.3) is 0 Å². The molecule has 9 heteroatoms. The van der Waals surface area contributed by atoms with E-state index in [1.807, 2.05) is 0 Å². The van der Waals surface area contributed by atoms with E-state index in [1.54, 1.807) is 0 Å². The number of halogens is 1. The Morgan fingerprint density at radius 3 is 2.42 bits per heavy atom. The number of nitrogens with one attached hydrogen (secondary N) is 1. The Hall–Kier alpha value is -1.19. The highest BCUT2D eigenvalue weighted by Crippen LogP contribution is 2.16. The molecule has 0 atom stereocenters. The molecule has 0 aromatic heterocycles. The third-order valence-electron chi connectivity index (χ3n) is 2.26. The van der Waals surface area contributed by atoms with Crippen LogP contribution < -0.4 is 10.5 Å². The lowest BCUT2D eigenvalue weighted by Crippen LogP contribution is -2.26. The average Bonchev–Trinajstić information content (AvgIpc) is 2.27. The smallest absolute Gasteiger partial charge is 0.240 e. The van der Waals surface area contributed by atoms with E-state index in [1.165, 1.54) is 0 Å². The normalized spacial score (nSPS) is 12.5. The number of anilines is 1. The second-order valence-electron chi connectivity index (χ2n) is 4.06. The highest BCUT2D eigenvalue weighted by molar-refractivity contribution is 7.90. The standard InChI is InChI=1S/C10H15FN2O4S2/c1-18(14,15)6-2-5-13-19(16,17)8-3-4-9(11)10(12)7-8/h3-4,7,13H,2,5-6,12H2,1H3. The minimum atomic E-state index is -3.81. The summed E-state index contributed by atoms with van der Waals surface area (Å²) in [5, 5.41) is 0. The van der Waals surface area contributed by atoms with Crippen molar-refractivity contribution in [2.75, 3.05) is 24.3 Å². The number of nitrogens with two attached hydrogens (primary N) is 1. The molecule has 0 fully saturated rings. The quantitative estimate of drug-likeness (QED) is 0.573. The second-order valence-corrected chi connectivity index (χ2v) is 8.09. The van der Waals surface area contributed by atoms with Crippen LogP contribution >= 0.6 is 0 Å². The number of hydrogen-bond acceptors (Lipinski definition) is 5.